The Morgan fingerprint density at radius 1 is 1.67 bits per heavy atom. The standard InChI is InChI=1S/C8H8ClIN2/c9-8-7(6-2-4-11-6)5(10)1-3-12-8/h1,3,6,11H,2,4H2/t6-/m1/s1. The van der Waals surface area contributed by atoms with Gasteiger partial charge in [-0.25, -0.2) is 4.98 Å². The van der Waals surface area contributed by atoms with Gasteiger partial charge in [-0.05, 0) is 41.6 Å². The average molecular weight is 295 g/mol. The summed E-state index contributed by atoms with van der Waals surface area (Å²) >= 11 is 8.28. The highest BCUT2D eigenvalue weighted by Gasteiger charge is 2.23. The summed E-state index contributed by atoms with van der Waals surface area (Å²) in [6.07, 6.45) is 2.91. The molecule has 0 aromatic carbocycles. The lowest BCUT2D eigenvalue weighted by Gasteiger charge is -2.29. The van der Waals surface area contributed by atoms with Gasteiger partial charge in [0.05, 0.1) is 0 Å². The second-order valence-corrected chi connectivity index (χ2v) is 4.31. The zero-order valence-corrected chi connectivity index (χ0v) is 9.26. The van der Waals surface area contributed by atoms with Gasteiger partial charge in [0.2, 0.25) is 0 Å². The van der Waals surface area contributed by atoms with Crippen LogP contribution in [0.4, 0.5) is 0 Å². The Kier molecular flexibility index (Phi) is 2.52. The summed E-state index contributed by atoms with van der Waals surface area (Å²) in [4.78, 5) is 4.06. The number of aromatic nitrogens is 1. The molecule has 0 saturated carbocycles. The van der Waals surface area contributed by atoms with Crippen molar-refractivity contribution in [2.45, 2.75) is 12.5 Å². The van der Waals surface area contributed by atoms with Gasteiger partial charge >= 0.3 is 0 Å². The van der Waals surface area contributed by atoms with Gasteiger partial charge < -0.3 is 5.32 Å². The van der Waals surface area contributed by atoms with Crippen LogP contribution in [-0.2, 0) is 0 Å². The second kappa shape index (κ2) is 3.47. The van der Waals surface area contributed by atoms with Crippen LogP contribution in [0.3, 0.4) is 0 Å². The quantitative estimate of drug-likeness (QED) is 0.635. The molecule has 0 bridgehead atoms. The first kappa shape index (κ1) is 8.72. The molecule has 12 heavy (non-hydrogen) atoms. The summed E-state index contributed by atoms with van der Waals surface area (Å²) in [7, 11) is 0. The molecule has 0 unspecified atom stereocenters. The highest BCUT2D eigenvalue weighted by Crippen LogP contribution is 2.31. The van der Waals surface area contributed by atoms with Crippen molar-refractivity contribution in [2.24, 2.45) is 0 Å². The van der Waals surface area contributed by atoms with E-state index in [1.54, 1.807) is 6.20 Å². The third-order valence-corrected chi connectivity index (χ3v) is 3.30. The maximum Gasteiger partial charge on any atom is 0.134 e. The summed E-state index contributed by atoms with van der Waals surface area (Å²) < 4.78 is 1.20. The van der Waals surface area contributed by atoms with E-state index in [1.807, 2.05) is 6.07 Å². The van der Waals surface area contributed by atoms with Gasteiger partial charge in [-0.15, -0.1) is 0 Å². The van der Waals surface area contributed by atoms with E-state index in [0.29, 0.717) is 11.2 Å². The van der Waals surface area contributed by atoms with E-state index < -0.39 is 0 Å². The van der Waals surface area contributed by atoms with Gasteiger partial charge in [-0.1, -0.05) is 11.6 Å². The normalized spacial score (nSPS) is 22.0. The Hall–Kier alpha value is 0.130. The monoisotopic (exact) mass is 294 g/mol. The Labute approximate surface area is 89.9 Å². The lowest BCUT2D eigenvalue weighted by Crippen LogP contribution is -2.35. The van der Waals surface area contributed by atoms with Crippen molar-refractivity contribution < 1.29 is 0 Å². The third kappa shape index (κ3) is 1.45. The molecule has 1 aliphatic heterocycles. The number of hydrogen-bond donors (Lipinski definition) is 1. The van der Waals surface area contributed by atoms with Crippen molar-refractivity contribution in [1.29, 1.82) is 0 Å². The molecule has 0 amide bonds. The second-order valence-electron chi connectivity index (χ2n) is 2.79. The molecule has 1 saturated heterocycles. The molecule has 2 rings (SSSR count). The maximum atomic E-state index is 5.98. The van der Waals surface area contributed by atoms with Crippen LogP contribution in [0.25, 0.3) is 0 Å². The lowest BCUT2D eigenvalue weighted by molar-refractivity contribution is 0.381. The molecule has 1 aromatic heterocycles. The van der Waals surface area contributed by atoms with E-state index in [9.17, 15) is 0 Å². The van der Waals surface area contributed by atoms with E-state index in [0.717, 1.165) is 12.1 Å². The number of pyridine rings is 1. The third-order valence-electron chi connectivity index (χ3n) is 2.06. The summed E-state index contributed by atoms with van der Waals surface area (Å²) in [5.41, 5.74) is 1.16. The molecule has 2 nitrogen and oxygen atoms in total. The van der Waals surface area contributed by atoms with Gasteiger partial charge in [0.1, 0.15) is 5.15 Å². The van der Waals surface area contributed by atoms with Crippen LogP contribution in [0.15, 0.2) is 12.3 Å². The van der Waals surface area contributed by atoms with E-state index in [2.05, 4.69) is 32.9 Å². The van der Waals surface area contributed by atoms with Gasteiger partial charge in [0.25, 0.3) is 0 Å². The topological polar surface area (TPSA) is 24.9 Å². The van der Waals surface area contributed by atoms with Gasteiger partial charge in [0.15, 0.2) is 0 Å². The largest absolute Gasteiger partial charge is 0.310 e. The zero-order chi connectivity index (χ0) is 8.55. The Morgan fingerprint density at radius 3 is 2.92 bits per heavy atom. The van der Waals surface area contributed by atoms with Crippen molar-refractivity contribution in [1.82, 2.24) is 10.3 Å². The molecule has 1 fully saturated rings. The van der Waals surface area contributed by atoms with Crippen molar-refractivity contribution in [3.63, 3.8) is 0 Å². The average Bonchev–Trinajstić information content (AvgIpc) is 1.93. The minimum absolute atomic E-state index is 0.429. The molecule has 1 aliphatic rings. The molecule has 1 aromatic rings. The van der Waals surface area contributed by atoms with E-state index in [1.165, 1.54) is 9.99 Å². The molecule has 64 valence electrons. The minimum atomic E-state index is 0.429. The van der Waals surface area contributed by atoms with Gasteiger partial charge in [-0.3, -0.25) is 0 Å². The lowest BCUT2D eigenvalue weighted by atomic mass is 10.00. The van der Waals surface area contributed by atoms with Crippen molar-refractivity contribution in [3.8, 4) is 0 Å². The first-order valence-electron chi connectivity index (χ1n) is 3.82. The van der Waals surface area contributed by atoms with Crippen LogP contribution in [-0.4, -0.2) is 11.5 Å². The molecule has 4 heteroatoms. The molecule has 1 atom stereocenters. The van der Waals surface area contributed by atoms with Crippen LogP contribution in [0.2, 0.25) is 5.15 Å². The number of hydrogen-bond acceptors (Lipinski definition) is 2. The van der Waals surface area contributed by atoms with Crippen molar-refractivity contribution >= 4 is 34.2 Å². The van der Waals surface area contributed by atoms with Crippen LogP contribution in [0.5, 0.6) is 0 Å². The first-order valence-corrected chi connectivity index (χ1v) is 5.28. The maximum absolute atomic E-state index is 5.98. The molecule has 0 radical (unpaired) electrons. The zero-order valence-electron chi connectivity index (χ0n) is 6.35. The molecular formula is C8H8ClIN2. The Balaban J connectivity index is 2.39. The van der Waals surface area contributed by atoms with Crippen molar-refractivity contribution in [3.05, 3.63) is 26.5 Å². The summed E-state index contributed by atoms with van der Waals surface area (Å²) in [5.74, 6) is 0. The summed E-state index contributed by atoms with van der Waals surface area (Å²) in [5, 5.41) is 3.95. The number of halogens is 2. The smallest absolute Gasteiger partial charge is 0.134 e. The van der Waals surface area contributed by atoms with Crippen LogP contribution in [0, 0.1) is 3.57 Å². The van der Waals surface area contributed by atoms with Crippen LogP contribution >= 0.6 is 34.2 Å². The highest BCUT2D eigenvalue weighted by atomic mass is 127. The molecule has 2 heterocycles. The van der Waals surface area contributed by atoms with E-state index >= 15 is 0 Å². The number of nitrogens with zero attached hydrogens (tertiary/aromatic N) is 1. The fourth-order valence-electron chi connectivity index (χ4n) is 1.27. The fraction of sp³-hybridized carbons (Fsp3) is 0.375. The van der Waals surface area contributed by atoms with E-state index in [4.69, 9.17) is 11.6 Å². The molecule has 0 spiro atoms. The summed E-state index contributed by atoms with van der Waals surface area (Å²) in [6, 6.07) is 2.42. The predicted octanol–water partition coefficient (Wildman–Crippen LogP) is 2.37. The van der Waals surface area contributed by atoms with Crippen molar-refractivity contribution in [2.75, 3.05) is 6.54 Å². The van der Waals surface area contributed by atoms with Gasteiger partial charge in [0, 0.05) is 21.4 Å². The molecule has 0 aliphatic carbocycles. The molecular weight excluding hydrogens is 286 g/mol. The Bertz CT molecular complexity index is 279. The summed E-state index contributed by atoms with van der Waals surface area (Å²) in [6.45, 7) is 1.09. The first-order chi connectivity index (χ1) is 5.79. The highest BCUT2D eigenvalue weighted by molar-refractivity contribution is 14.1. The van der Waals surface area contributed by atoms with Crippen LogP contribution < -0.4 is 5.32 Å². The number of rotatable bonds is 1. The Morgan fingerprint density at radius 2 is 2.42 bits per heavy atom. The fourth-order valence-corrected chi connectivity index (χ4v) is 2.51. The van der Waals surface area contributed by atoms with Crippen LogP contribution in [0.1, 0.15) is 18.0 Å². The SMILES string of the molecule is Clc1nccc(I)c1[C@H]1CCN1. The van der Waals surface area contributed by atoms with Gasteiger partial charge in [-0.2, -0.15) is 0 Å². The minimum Gasteiger partial charge on any atom is -0.310 e. The van der Waals surface area contributed by atoms with E-state index in [-0.39, 0.29) is 0 Å². The number of nitrogens with one attached hydrogen (secondary N) is 1. The predicted molar refractivity (Wildman–Crippen MR) is 57.3 cm³/mol. The molecule has 1 N–H and O–H groups in total.